The number of ether oxygens (including phenoxy) is 1. The number of carboxylic acid groups (broad SMARTS) is 1. The lowest BCUT2D eigenvalue weighted by molar-refractivity contribution is 0.0693. The van der Waals surface area contributed by atoms with E-state index >= 15 is 0 Å². The fraction of sp³-hybridized carbons (Fsp3) is 0.400. The molecule has 7 nitrogen and oxygen atoms in total. The highest BCUT2D eigenvalue weighted by Gasteiger charge is 2.40. The molecule has 1 atom stereocenters. The van der Waals surface area contributed by atoms with E-state index in [0.29, 0.717) is 0 Å². The van der Waals surface area contributed by atoms with Gasteiger partial charge < -0.3 is 14.4 Å². The molecule has 3 aromatic rings. The van der Waals surface area contributed by atoms with Crippen LogP contribution in [0.4, 0.5) is 0 Å². The molecule has 0 saturated heterocycles. The Morgan fingerprint density at radius 2 is 2.00 bits per heavy atom. The van der Waals surface area contributed by atoms with E-state index in [4.69, 9.17) is 4.74 Å². The number of hydrogen-bond acceptors (Lipinski definition) is 4. The Bertz CT molecular complexity index is 1310. The standard InChI is InChI=1S/C25H27N3O4/c1-24(2,3)21-9-13-14(19-10-20(29)17(23(30)31)12-28(19)21)8-15(18-6-7-26-27-18)22-16(13)11-25(4,5)32-22/h6-8,10,12,21H,9,11H2,1-5H3,(H,26,27)(H,30,31)/t21-/m0/s1. The minimum Gasteiger partial charge on any atom is -0.487 e. The molecular weight excluding hydrogens is 406 g/mol. The molecule has 7 heteroatoms. The van der Waals surface area contributed by atoms with E-state index in [2.05, 4.69) is 44.8 Å². The Morgan fingerprint density at radius 1 is 1.25 bits per heavy atom. The number of fused-ring (bicyclic) bond motifs is 5. The van der Waals surface area contributed by atoms with Crippen LogP contribution in [0.1, 0.15) is 62.1 Å². The zero-order valence-corrected chi connectivity index (χ0v) is 18.9. The molecule has 0 bridgehead atoms. The van der Waals surface area contributed by atoms with Gasteiger partial charge in [0.15, 0.2) is 5.43 Å². The molecule has 32 heavy (non-hydrogen) atoms. The van der Waals surface area contributed by atoms with Gasteiger partial charge in [-0.15, -0.1) is 0 Å². The third-order valence-electron chi connectivity index (χ3n) is 6.59. The quantitative estimate of drug-likeness (QED) is 0.622. The van der Waals surface area contributed by atoms with Crippen molar-refractivity contribution in [2.75, 3.05) is 0 Å². The van der Waals surface area contributed by atoms with E-state index in [9.17, 15) is 14.7 Å². The molecule has 0 radical (unpaired) electrons. The third-order valence-corrected chi connectivity index (χ3v) is 6.59. The molecule has 2 aliphatic heterocycles. The average Bonchev–Trinajstić information content (AvgIpc) is 3.32. The zero-order chi connectivity index (χ0) is 23.0. The highest BCUT2D eigenvalue weighted by molar-refractivity contribution is 5.88. The molecule has 4 heterocycles. The lowest BCUT2D eigenvalue weighted by atomic mass is 9.76. The summed E-state index contributed by atoms with van der Waals surface area (Å²) in [4.78, 5) is 24.4. The molecule has 166 valence electrons. The number of aromatic nitrogens is 3. The third kappa shape index (κ3) is 3.06. The van der Waals surface area contributed by atoms with E-state index < -0.39 is 11.4 Å². The summed E-state index contributed by atoms with van der Waals surface area (Å²) in [5.74, 6) is -0.338. The largest absolute Gasteiger partial charge is 0.487 e. The molecule has 0 spiro atoms. The first-order valence-electron chi connectivity index (χ1n) is 10.8. The van der Waals surface area contributed by atoms with Crippen LogP contribution in [-0.4, -0.2) is 31.4 Å². The highest BCUT2D eigenvalue weighted by atomic mass is 16.5. The first-order valence-corrected chi connectivity index (χ1v) is 10.8. The number of benzene rings is 1. The second-order valence-electron chi connectivity index (χ2n) is 10.5. The van der Waals surface area contributed by atoms with E-state index in [1.54, 1.807) is 6.20 Å². The number of nitrogens with zero attached hydrogens (tertiary/aromatic N) is 2. The van der Waals surface area contributed by atoms with Crippen LogP contribution in [0, 0.1) is 5.41 Å². The maximum Gasteiger partial charge on any atom is 0.341 e. The summed E-state index contributed by atoms with van der Waals surface area (Å²) < 4.78 is 8.39. The molecule has 5 rings (SSSR count). The second-order valence-corrected chi connectivity index (χ2v) is 10.5. The molecule has 0 fully saturated rings. The Balaban J connectivity index is 1.85. The minimum atomic E-state index is -1.20. The summed E-state index contributed by atoms with van der Waals surface area (Å²) in [5.41, 5.74) is 4.60. The Kier molecular flexibility index (Phi) is 4.22. The number of H-pyrrole nitrogens is 1. The van der Waals surface area contributed by atoms with Gasteiger partial charge in [-0.25, -0.2) is 4.79 Å². The van der Waals surface area contributed by atoms with Crippen LogP contribution in [-0.2, 0) is 12.8 Å². The van der Waals surface area contributed by atoms with Crippen LogP contribution in [0.2, 0.25) is 0 Å². The summed E-state index contributed by atoms with van der Waals surface area (Å²) in [7, 11) is 0. The van der Waals surface area contributed by atoms with Crippen LogP contribution >= 0.6 is 0 Å². The number of carbonyl (C=O) groups is 1. The van der Waals surface area contributed by atoms with Gasteiger partial charge in [0.2, 0.25) is 0 Å². The van der Waals surface area contributed by atoms with Gasteiger partial charge in [0.1, 0.15) is 16.9 Å². The topological polar surface area (TPSA) is 97.2 Å². The molecule has 2 aliphatic rings. The normalized spacial score (nSPS) is 18.5. The van der Waals surface area contributed by atoms with Crippen molar-refractivity contribution in [3.8, 4) is 28.3 Å². The van der Waals surface area contributed by atoms with Crippen molar-refractivity contribution in [1.29, 1.82) is 0 Å². The second kappa shape index (κ2) is 6.58. The molecule has 1 aromatic carbocycles. The van der Waals surface area contributed by atoms with Gasteiger partial charge in [-0.1, -0.05) is 20.8 Å². The summed E-state index contributed by atoms with van der Waals surface area (Å²) in [6.45, 7) is 10.6. The lowest BCUT2D eigenvalue weighted by Gasteiger charge is -2.39. The number of pyridine rings is 1. The van der Waals surface area contributed by atoms with Gasteiger partial charge in [-0.3, -0.25) is 9.89 Å². The number of hydrogen-bond donors (Lipinski definition) is 2. The maximum absolute atomic E-state index is 12.7. The first-order chi connectivity index (χ1) is 15.0. The number of carboxylic acids is 1. The molecule has 0 amide bonds. The number of aromatic carboxylic acids is 1. The summed E-state index contributed by atoms with van der Waals surface area (Å²) in [5, 5.41) is 16.7. The Hall–Kier alpha value is -3.35. The number of nitrogens with one attached hydrogen (secondary N) is 1. The van der Waals surface area contributed by atoms with Crippen LogP contribution in [0.5, 0.6) is 5.75 Å². The van der Waals surface area contributed by atoms with Gasteiger partial charge in [0, 0.05) is 47.6 Å². The fourth-order valence-corrected chi connectivity index (χ4v) is 5.07. The lowest BCUT2D eigenvalue weighted by Crippen LogP contribution is -2.33. The predicted octanol–water partition coefficient (Wildman–Crippen LogP) is 4.46. The smallest absolute Gasteiger partial charge is 0.341 e. The fourth-order valence-electron chi connectivity index (χ4n) is 5.07. The monoisotopic (exact) mass is 433 g/mol. The summed E-state index contributed by atoms with van der Waals surface area (Å²) >= 11 is 0. The van der Waals surface area contributed by atoms with Crippen LogP contribution < -0.4 is 10.2 Å². The van der Waals surface area contributed by atoms with Crippen molar-refractivity contribution in [2.24, 2.45) is 5.41 Å². The molecule has 0 unspecified atom stereocenters. The van der Waals surface area contributed by atoms with Crippen molar-refractivity contribution >= 4 is 5.97 Å². The van der Waals surface area contributed by atoms with Crippen LogP contribution in [0.15, 0.2) is 35.4 Å². The van der Waals surface area contributed by atoms with Crippen molar-refractivity contribution in [3.05, 3.63) is 57.5 Å². The van der Waals surface area contributed by atoms with Gasteiger partial charge in [-0.2, -0.15) is 5.10 Å². The Morgan fingerprint density at radius 3 is 2.62 bits per heavy atom. The van der Waals surface area contributed by atoms with Gasteiger partial charge in [0.05, 0.1) is 11.4 Å². The van der Waals surface area contributed by atoms with E-state index in [1.807, 2.05) is 16.7 Å². The van der Waals surface area contributed by atoms with Gasteiger partial charge >= 0.3 is 5.97 Å². The SMILES string of the molecule is CC1(C)Cc2c3c(cc(-c4ccn[nH]4)c2O1)-c1cc(=O)c(C(=O)O)cn1[C@H](C(C)(C)C)C3. The molecular formula is C25H27N3O4. The van der Waals surface area contributed by atoms with E-state index in [0.717, 1.165) is 46.7 Å². The van der Waals surface area contributed by atoms with Crippen molar-refractivity contribution in [2.45, 2.75) is 59.1 Å². The molecule has 2 N–H and O–H groups in total. The molecule has 2 aromatic heterocycles. The van der Waals surface area contributed by atoms with E-state index in [1.165, 1.54) is 17.8 Å². The molecule has 0 saturated carbocycles. The van der Waals surface area contributed by atoms with Gasteiger partial charge in [-0.05, 0) is 43.4 Å². The first kappa shape index (κ1) is 20.5. The minimum absolute atomic E-state index is 0.00508. The van der Waals surface area contributed by atoms with Crippen LogP contribution in [0.25, 0.3) is 22.5 Å². The zero-order valence-electron chi connectivity index (χ0n) is 18.9. The Labute approximate surface area is 186 Å². The molecule has 0 aliphatic carbocycles. The summed E-state index contributed by atoms with van der Waals surface area (Å²) in [6.07, 6.45) is 4.72. The predicted molar refractivity (Wildman–Crippen MR) is 121 cm³/mol. The number of aromatic amines is 1. The van der Waals surface area contributed by atoms with Crippen molar-refractivity contribution in [3.63, 3.8) is 0 Å². The van der Waals surface area contributed by atoms with Crippen molar-refractivity contribution in [1.82, 2.24) is 14.8 Å². The average molecular weight is 434 g/mol. The van der Waals surface area contributed by atoms with Crippen LogP contribution in [0.3, 0.4) is 0 Å². The highest BCUT2D eigenvalue weighted by Crippen LogP contribution is 2.51. The van der Waals surface area contributed by atoms with E-state index in [-0.39, 0.29) is 22.6 Å². The van der Waals surface area contributed by atoms with Crippen molar-refractivity contribution < 1.29 is 14.6 Å². The maximum atomic E-state index is 12.7. The number of rotatable bonds is 2. The van der Waals surface area contributed by atoms with Gasteiger partial charge in [0.25, 0.3) is 0 Å². The summed E-state index contributed by atoms with van der Waals surface area (Å²) in [6, 6.07) is 5.42.